The van der Waals surface area contributed by atoms with Gasteiger partial charge in [0.15, 0.2) is 0 Å². The van der Waals surface area contributed by atoms with Crippen LogP contribution in [0.15, 0.2) is 217 Å². The van der Waals surface area contributed by atoms with E-state index < -0.39 is 5.41 Å². The van der Waals surface area contributed by atoms with E-state index in [4.69, 9.17) is 0 Å². The van der Waals surface area contributed by atoms with Gasteiger partial charge >= 0.3 is 0 Å². The molecule has 0 radical (unpaired) electrons. The average molecular weight is 796 g/mol. The summed E-state index contributed by atoms with van der Waals surface area (Å²) in [7, 11) is 0. The molecule has 0 bridgehead atoms. The Hall–Kier alpha value is -6.97. The zero-order chi connectivity index (χ0) is 42.8. The van der Waals surface area contributed by atoms with Crippen LogP contribution < -0.4 is 9.80 Å². The summed E-state index contributed by atoms with van der Waals surface area (Å²) in [5, 5.41) is 0. The highest BCUT2D eigenvalue weighted by atomic mass is 15.2. The number of anilines is 4. The lowest BCUT2D eigenvalue weighted by Crippen LogP contribution is -2.32. The van der Waals surface area contributed by atoms with Gasteiger partial charge in [0.1, 0.15) is 0 Å². The molecule has 0 N–H and O–H groups in total. The number of allylic oxidation sites excluding steroid dienone is 5. The van der Waals surface area contributed by atoms with Crippen molar-refractivity contribution in [2.75, 3.05) is 16.3 Å². The highest BCUT2D eigenvalue weighted by Gasteiger charge is 2.47. The molecular weight excluding hydrogens is 739 g/mol. The molecule has 0 aromatic heterocycles. The van der Waals surface area contributed by atoms with Gasteiger partial charge in [-0.3, -0.25) is 4.99 Å². The fourth-order valence-corrected chi connectivity index (χ4v) is 9.20. The summed E-state index contributed by atoms with van der Waals surface area (Å²) >= 11 is 0. The van der Waals surface area contributed by atoms with Crippen molar-refractivity contribution in [1.82, 2.24) is 0 Å². The lowest BCUT2D eigenvalue weighted by molar-refractivity contribution is 0.703. The van der Waals surface area contributed by atoms with E-state index >= 15 is 0 Å². The second kappa shape index (κ2) is 19.4. The maximum Gasteiger partial charge on any atom is 0.0859 e. The van der Waals surface area contributed by atoms with Crippen molar-refractivity contribution in [3.8, 4) is 11.1 Å². The molecule has 0 fully saturated rings. The van der Waals surface area contributed by atoms with Gasteiger partial charge in [0.2, 0.25) is 0 Å². The van der Waals surface area contributed by atoms with Gasteiger partial charge in [0, 0.05) is 29.6 Å². The minimum Gasteiger partial charge on any atom is -0.340 e. The van der Waals surface area contributed by atoms with E-state index in [-0.39, 0.29) is 6.04 Å². The zero-order valence-corrected chi connectivity index (χ0v) is 36.3. The first-order valence-corrected chi connectivity index (χ1v) is 21.4. The summed E-state index contributed by atoms with van der Waals surface area (Å²) < 4.78 is 0. The molecule has 1 aliphatic carbocycles. The average Bonchev–Trinajstić information content (AvgIpc) is 3.60. The number of aliphatic imine (C=N–C) groups is 1. The van der Waals surface area contributed by atoms with Gasteiger partial charge in [0.25, 0.3) is 0 Å². The SMILES string of the molecule is C=C/C=C(\C=C/C)C1(c2ccccc2)c2cc(N(c3ccccc3)C(C)Cc3ccccc3C)ccc2-c2c(C)cccc21.C=Nc1ccccc1N(CC)c1ccccc1. The molecule has 8 rings (SSSR count). The summed E-state index contributed by atoms with van der Waals surface area (Å²) in [6, 6.07) is 63.1. The summed E-state index contributed by atoms with van der Waals surface area (Å²) in [4.78, 5) is 8.82. The van der Waals surface area contributed by atoms with Crippen molar-refractivity contribution in [3.05, 3.63) is 246 Å². The maximum absolute atomic E-state index is 4.15. The molecule has 2 unspecified atom stereocenters. The highest BCUT2D eigenvalue weighted by molar-refractivity contribution is 5.90. The number of rotatable bonds is 13. The van der Waals surface area contributed by atoms with Crippen molar-refractivity contribution < 1.29 is 0 Å². The molecule has 0 amide bonds. The Balaban J connectivity index is 0.000000276. The van der Waals surface area contributed by atoms with E-state index in [0.717, 1.165) is 24.3 Å². The first kappa shape index (κ1) is 42.2. The van der Waals surface area contributed by atoms with Gasteiger partial charge in [-0.15, -0.1) is 0 Å². The second-order valence-electron chi connectivity index (χ2n) is 15.6. The Bertz CT molecular complexity index is 2640. The first-order valence-electron chi connectivity index (χ1n) is 21.4. The van der Waals surface area contributed by atoms with E-state index in [1.165, 1.54) is 67.1 Å². The van der Waals surface area contributed by atoms with Crippen molar-refractivity contribution in [2.24, 2.45) is 4.99 Å². The fraction of sp³-hybridized carbons (Fsp3) is 0.155. The van der Waals surface area contributed by atoms with Crippen LogP contribution in [0.25, 0.3) is 11.1 Å². The van der Waals surface area contributed by atoms with Gasteiger partial charge in [-0.05, 0) is 146 Å². The van der Waals surface area contributed by atoms with Crippen molar-refractivity contribution >= 4 is 35.2 Å². The second-order valence-corrected chi connectivity index (χ2v) is 15.6. The van der Waals surface area contributed by atoms with E-state index in [2.05, 4.69) is 220 Å². The molecule has 0 aliphatic heterocycles. The number of hydrogen-bond acceptors (Lipinski definition) is 3. The molecule has 3 nitrogen and oxygen atoms in total. The number of aryl methyl sites for hydroxylation is 2. The van der Waals surface area contributed by atoms with E-state index in [9.17, 15) is 0 Å². The quantitative estimate of drug-likeness (QED) is 0.0855. The predicted octanol–water partition coefficient (Wildman–Crippen LogP) is 15.3. The molecule has 61 heavy (non-hydrogen) atoms. The van der Waals surface area contributed by atoms with Crippen LogP contribution >= 0.6 is 0 Å². The maximum atomic E-state index is 4.15. The predicted molar refractivity (Wildman–Crippen MR) is 264 cm³/mol. The highest BCUT2D eigenvalue weighted by Crippen LogP contribution is 2.58. The van der Waals surface area contributed by atoms with Crippen molar-refractivity contribution in [2.45, 2.75) is 52.5 Å². The summed E-state index contributed by atoms with van der Waals surface area (Å²) in [5.74, 6) is 0. The molecule has 0 saturated heterocycles. The Morgan fingerprint density at radius 3 is 1.95 bits per heavy atom. The third kappa shape index (κ3) is 8.42. The van der Waals surface area contributed by atoms with Crippen LogP contribution in [-0.2, 0) is 11.8 Å². The van der Waals surface area contributed by atoms with Crippen molar-refractivity contribution in [1.29, 1.82) is 0 Å². The summed E-state index contributed by atoms with van der Waals surface area (Å²) in [5.41, 5.74) is 16.8. The number of benzene rings is 7. The van der Waals surface area contributed by atoms with Crippen LogP contribution in [0.2, 0.25) is 0 Å². The smallest absolute Gasteiger partial charge is 0.0859 e. The Morgan fingerprint density at radius 2 is 1.30 bits per heavy atom. The van der Waals surface area contributed by atoms with Gasteiger partial charge < -0.3 is 9.80 Å². The molecule has 1 aliphatic rings. The molecule has 7 aromatic rings. The number of hydrogen-bond donors (Lipinski definition) is 0. The van der Waals surface area contributed by atoms with Crippen LogP contribution in [0, 0.1) is 13.8 Å². The van der Waals surface area contributed by atoms with Gasteiger partial charge in [0.05, 0.1) is 16.8 Å². The van der Waals surface area contributed by atoms with Crippen LogP contribution in [0.3, 0.4) is 0 Å². The van der Waals surface area contributed by atoms with E-state index in [0.29, 0.717) is 0 Å². The van der Waals surface area contributed by atoms with Crippen LogP contribution in [0.1, 0.15) is 54.2 Å². The first-order chi connectivity index (χ1) is 29.9. The number of fused-ring (bicyclic) bond motifs is 3. The van der Waals surface area contributed by atoms with Gasteiger partial charge in [-0.2, -0.15) is 0 Å². The molecule has 7 aromatic carbocycles. The zero-order valence-electron chi connectivity index (χ0n) is 36.3. The molecule has 0 heterocycles. The number of para-hydroxylation sites is 4. The molecule has 3 heteroatoms. The monoisotopic (exact) mass is 795 g/mol. The van der Waals surface area contributed by atoms with E-state index in [1.54, 1.807) is 0 Å². The van der Waals surface area contributed by atoms with Gasteiger partial charge in [-0.25, -0.2) is 0 Å². The Morgan fingerprint density at radius 1 is 0.672 bits per heavy atom. The van der Waals surface area contributed by atoms with Gasteiger partial charge in [-0.1, -0.05) is 158 Å². The normalized spacial score (nSPS) is 14.6. The Kier molecular flexibility index (Phi) is 13.4. The molecule has 2 atom stereocenters. The fourth-order valence-electron chi connectivity index (χ4n) is 9.20. The van der Waals surface area contributed by atoms with Crippen LogP contribution in [-0.4, -0.2) is 19.3 Å². The van der Waals surface area contributed by atoms with Crippen LogP contribution in [0.5, 0.6) is 0 Å². The minimum atomic E-state index is -0.490. The number of nitrogens with zero attached hydrogens (tertiary/aromatic N) is 3. The van der Waals surface area contributed by atoms with Crippen LogP contribution in [0.4, 0.5) is 28.4 Å². The standard InChI is InChI=1S/C43H41N.C15H16N2/c1-6-17-35(18-7-2)43(36-22-10-8-11-23-36)40-26-16-20-32(4)42(40)39-28-27-38(30-41(39)43)44(37-24-12-9-13-25-37)33(5)29-34-21-15-14-19-31(34)3;1-3-17(13-9-5-4-6-10-13)15-12-8-7-11-14(15)16-2/h6-28,30,33H,1,29H2,2-5H3;4-12H,2-3H2,1H3/b18-7-,35-17+;. The molecule has 0 spiro atoms. The topological polar surface area (TPSA) is 18.8 Å². The summed E-state index contributed by atoms with van der Waals surface area (Å²) in [6.45, 7) is 19.7. The third-order valence-electron chi connectivity index (χ3n) is 11.9. The summed E-state index contributed by atoms with van der Waals surface area (Å²) in [6.07, 6.45) is 9.48. The third-order valence-corrected chi connectivity index (χ3v) is 11.9. The lowest BCUT2D eigenvalue weighted by atomic mass is 9.66. The van der Waals surface area contributed by atoms with Crippen molar-refractivity contribution in [3.63, 3.8) is 0 Å². The molecule has 304 valence electrons. The lowest BCUT2D eigenvalue weighted by Gasteiger charge is -2.37. The minimum absolute atomic E-state index is 0.229. The molecule has 0 saturated carbocycles. The Labute approximate surface area is 364 Å². The molecular formula is C58H57N3. The largest absolute Gasteiger partial charge is 0.340 e. The van der Waals surface area contributed by atoms with E-state index in [1.807, 2.05) is 42.5 Å².